The summed E-state index contributed by atoms with van der Waals surface area (Å²) in [6.45, 7) is 0. The van der Waals surface area contributed by atoms with Gasteiger partial charge in [-0.05, 0) is 18.2 Å². The molecule has 178 valence electrons. The van der Waals surface area contributed by atoms with E-state index in [2.05, 4.69) is 4.98 Å². The van der Waals surface area contributed by atoms with Gasteiger partial charge in [-0.25, -0.2) is 4.98 Å². The van der Waals surface area contributed by atoms with Gasteiger partial charge in [0.2, 0.25) is 0 Å². The number of aromatic nitrogens is 1. The fourth-order valence-corrected chi connectivity index (χ4v) is 3.28. The Balaban J connectivity index is 2.05. The standard InChI is InChI=1S/C19H12N6O10/c26-21(27)14-4-1-11(18(9-14)24(32)33)7-13-3-6-17(23(30)31)16(20-13)8-12-2-5-15(22(28)29)10-19(12)25(34)35/h1-6,9-10H,7-8H2. The summed E-state index contributed by atoms with van der Waals surface area (Å²) in [7, 11) is 0. The van der Waals surface area contributed by atoms with Gasteiger partial charge >= 0.3 is 0 Å². The molecule has 0 amide bonds. The van der Waals surface area contributed by atoms with Gasteiger partial charge in [0.25, 0.3) is 28.4 Å². The van der Waals surface area contributed by atoms with Crippen LogP contribution < -0.4 is 0 Å². The topological polar surface area (TPSA) is 229 Å². The first-order chi connectivity index (χ1) is 16.5. The zero-order valence-corrected chi connectivity index (χ0v) is 17.3. The number of rotatable bonds is 9. The average molecular weight is 484 g/mol. The minimum Gasteiger partial charge on any atom is -0.258 e. The van der Waals surface area contributed by atoms with E-state index in [-0.39, 0.29) is 28.9 Å². The molecular weight excluding hydrogens is 472 g/mol. The number of nitro groups is 5. The molecule has 35 heavy (non-hydrogen) atoms. The fourth-order valence-electron chi connectivity index (χ4n) is 3.28. The molecule has 0 radical (unpaired) electrons. The second-order valence-corrected chi connectivity index (χ2v) is 7.03. The third-order valence-electron chi connectivity index (χ3n) is 4.89. The molecule has 16 nitrogen and oxygen atoms in total. The Hall–Kier alpha value is -5.41. The van der Waals surface area contributed by atoms with E-state index in [9.17, 15) is 50.6 Å². The highest BCUT2D eigenvalue weighted by molar-refractivity contribution is 5.53. The molecule has 0 bridgehead atoms. The van der Waals surface area contributed by atoms with Crippen LogP contribution in [0, 0.1) is 50.6 Å². The molecule has 0 saturated heterocycles. The van der Waals surface area contributed by atoms with Crippen molar-refractivity contribution in [3.05, 3.63) is 122 Å². The van der Waals surface area contributed by atoms with Crippen LogP contribution in [-0.2, 0) is 12.8 Å². The molecule has 0 aliphatic heterocycles. The van der Waals surface area contributed by atoms with Crippen molar-refractivity contribution in [1.82, 2.24) is 4.98 Å². The van der Waals surface area contributed by atoms with Crippen molar-refractivity contribution < 1.29 is 24.6 Å². The number of benzene rings is 2. The highest BCUT2D eigenvalue weighted by Crippen LogP contribution is 2.30. The van der Waals surface area contributed by atoms with Crippen LogP contribution in [0.1, 0.15) is 22.5 Å². The lowest BCUT2D eigenvalue weighted by Gasteiger charge is -2.08. The van der Waals surface area contributed by atoms with Gasteiger partial charge in [-0.3, -0.25) is 50.6 Å². The molecule has 0 atom stereocenters. The predicted octanol–water partition coefficient (Wildman–Crippen LogP) is 3.80. The van der Waals surface area contributed by atoms with Gasteiger partial charge in [-0.15, -0.1) is 0 Å². The monoisotopic (exact) mass is 484 g/mol. The lowest BCUT2D eigenvalue weighted by Crippen LogP contribution is -2.06. The number of hydrogen-bond donors (Lipinski definition) is 0. The van der Waals surface area contributed by atoms with Crippen LogP contribution in [0.2, 0.25) is 0 Å². The lowest BCUT2D eigenvalue weighted by atomic mass is 10.0. The second-order valence-electron chi connectivity index (χ2n) is 7.03. The zero-order chi connectivity index (χ0) is 25.9. The molecule has 3 rings (SSSR count). The minimum atomic E-state index is -0.863. The molecule has 1 aromatic heterocycles. The van der Waals surface area contributed by atoms with E-state index in [1.54, 1.807) is 0 Å². The summed E-state index contributed by atoms with van der Waals surface area (Å²) in [5, 5.41) is 56.1. The van der Waals surface area contributed by atoms with Crippen molar-refractivity contribution in [3.8, 4) is 0 Å². The van der Waals surface area contributed by atoms with Gasteiger partial charge in [0.05, 0.1) is 36.7 Å². The number of hydrogen-bond acceptors (Lipinski definition) is 11. The largest absolute Gasteiger partial charge is 0.291 e. The van der Waals surface area contributed by atoms with Crippen molar-refractivity contribution in [2.24, 2.45) is 0 Å². The van der Waals surface area contributed by atoms with Crippen LogP contribution in [0.5, 0.6) is 0 Å². The van der Waals surface area contributed by atoms with Crippen molar-refractivity contribution in [2.45, 2.75) is 12.8 Å². The molecule has 1 heterocycles. The first kappa shape index (κ1) is 24.2. The van der Waals surface area contributed by atoms with Crippen LogP contribution in [0.25, 0.3) is 0 Å². The number of nitrogens with zero attached hydrogens (tertiary/aromatic N) is 6. The van der Waals surface area contributed by atoms with Crippen molar-refractivity contribution >= 4 is 28.4 Å². The van der Waals surface area contributed by atoms with E-state index in [0.717, 1.165) is 36.4 Å². The summed E-state index contributed by atoms with van der Waals surface area (Å²) in [5.74, 6) is 0. The van der Waals surface area contributed by atoms with Crippen LogP contribution in [0.3, 0.4) is 0 Å². The average Bonchev–Trinajstić information content (AvgIpc) is 2.79. The van der Waals surface area contributed by atoms with Gasteiger partial charge < -0.3 is 0 Å². The van der Waals surface area contributed by atoms with Crippen LogP contribution in [0.4, 0.5) is 28.4 Å². The molecule has 0 fully saturated rings. The maximum absolute atomic E-state index is 11.5. The Labute approximate surface area is 193 Å². The van der Waals surface area contributed by atoms with Crippen molar-refractivity contribution in [1.29, 1.82) is 0 Å². The highest BCUT2D eigenvalue weighted by Gasteiger charge is 2.25. The maximum Gasteiger partial charge on any atom is 0.291 e. The Morgan fingerprint density at radius 3 is 1.43 bits per heavy atom. The van der Waals surface area contributed by atoms with Gasteiger partial charge in [0, 0.05) is 47.9 Å². The summed E-state index contributed by atoms with van der Waals surface area (Å²) >= 11 is 0. The van der Waals surface area contributed by atoms with Gasteiger partial charge in [-0.1, -0.05) is 0 Å². The first-order valence-electron chi connectivity index (χ1n) is 9.44. The van der Waals surface area contributed by atoms with Crippen molar-refractivity contribution in [2.75, 3.05) is 0 Å². The quantitative estimate of drug-likeness (QED) is 0.313. The lowest BCUT2D eigenvalue weighted by molar-refractivity contribution is -0.394. The smallest absolute Gasteiger partial charge is 0.258 e. The SMILES string of the molecule is O=[N+]([O-])c1ccc(Cc2ccc([N+](=O)[O-])c(Cc3ccc([N+](=O)[O-])cc3[N+](=O)[O-])n2)c([N+](=O)[O-])c1. The molecule has 0 N–H and O–H groups in total. The summed E-state index contributed by atoms with van der Waals surface area (Å²) in [5.41, 5.74) is -2.83. The number of nitro benzene ring substituents is 4. The summed E-state index contributed by atoms with van der Waals surface area (Å²) in [6, 6.07) is 8.15. The molecule has 0 spiro atoms. The first-order valence-corrected chi connectivity index (χ1v) is 9.44. The van der Waals surface area contributed by atoms with E-state index in [1.807, 2.05) is 0 Å². The zero-order valence-electron chi connectivity index (χ0n) is 17.3. The van der Waals surface area contributed by atoms with E-state index in [0.29, 0.717) is 0 Å². The maximum atomic E-state index is 11.5. The molecule has 0 unspecified atom stereocenters. The Kier molecular flexibility index (Phi) is 6.65. The van der Waals surface area contributed by atoms with Gasteiger partial charge in [0.15, 0.2) is 0 Å². The molecule has 0 aliphatic carbocycles. The van der Waals surface area contributed by atoms with E-state index < -0.39 is 59.5 Å². The molecule has 16 heteroatoms. The number of non-ortho nitro benzene ring substituents is 2. The van der Waals surface area contributed by atoms with Crippen LogP contribution >= 0.6 is 0 Å². The summed E-state index contributed by atoms with van der Waals surface area (Å²) in [4.78, 5) is 56.2. The minimum absolute atomic E-state index is 0.0502. The predicted molar refractivity (Wildman–Crippen MR) is 116 cm³/mol. The molecular formula is C19H12N6O10. The van der Waals surface area contributed by atoms with Gasteiger partial charge in [0.1, 0.15) is 5.69 Å². The molecule has 3 aromatic rings. The Morgan fingerprint density at radius 2 is 1.00 bits per heavy atom. The Morgan fingerprint density at radius 1 is 0.543 bits per heavy atom. The molecule has 2 aromatic carbocycles. The second kappa shape index (κ2) is 9.61. The van der Waals surface area contributed by atoms with Crippen LogP contribution in [-0.4, -0.2) is 29.6 Å². The summed E-state index contributed by atoms with van der Waals surface area (Å²) < 4.78 is 0. The molecule has 0 aliphatic rings. The number of pyridine rings is 1. The van der Waals surface area contributed by atoms with E-state index >= 15 is 0 Å². The van der Waals surface area contributed by atoms with Crippen molar-refractivity contribution in [3.63, 3.8) is 0 Å². The van der Waals surface area contributed by atoms with E-state index in [1.165, 1.54) is 12.1 Å². The highest BCUT2D eigenvalue weighted by atomic mass is 16.6. The Bertz CT molecular complexity index is 1410. The van der Waals surface area contributed by atoms with Crippen LogP contribution in [0.15, 0.2) is 48.5 Å². The van der Waals surface area contributed by atoms with E-state index in [4.69, 9.17) is 0 Å². The third-order valence-corrected chi connectivity index (χ3v) is 4.89. The summed E-state index contributed by atoms with van der Waals surface area (Å²) in [6.07, 6.45) is -0.650. The molecule has 0 saturated carbocycles. The fraction of sp³-hybridized carbons (Fsp3) is 0.105. The third kappa shape index (κ3) is 5.33. The normalized spacial score (nSPS) is 10.5. The van der Waals surface area contributed by atoms with Gasteiger partial charge in [-0.2, -0.15) is 0 Å².